The number of nitrogens with one attached hydrogen (secondary N) is 3. The smallest absolute Gasteiger partial charge is 0.268 e. The Morgan fingerprint density at radius 1 is 1.50 bits per heavy atom. The van der Waals surface area contributed by atoms with Gasteiger partial charge in [-0.1, -0.05) is 11.6 Å². The van der Waals surface area contributed by atoms with E-state index in [2.05, 4.69) is 15.6 Å². The van der Waals surface area contributed by atoms with Gasteiger partial charge in [0.25, 0.3) is 5.91 Å². The summed E-state index contributed by atoms with van der Waals surface area (Å²) in [7, 11) is 0. The maximum atomic E-state index is 14.1. The van der Waals surface area contributed by atoms with Crippen molar-refractivity contribution in [1.82, 2.24) is 15.6 Å². The highest BCUT2D eigenvalue weighted by Gasteiger charge is 2.33. The lowest BCUT2D eigenvalue weighted by molar-refractivity contribution is 0.0868. The molecule has 0 unspecified atom stereocenters. The molecule has 3 rings (SSSR count). The van der Waals surface area contributed by atoms with E-state index in [1.165, 1.54) is 0 Å². The van der Waals surface area contributed by atoms with Crippen LogP contribution >= 0.6 is 34.2 Å². The van der Waals surface area contributed by atoms with Crippen molar-refractivity contribution in [3.05, 3.63) is 32.2 Å². The third kappa shape index (κ3) is 2.29. The van der Waals surface area contributed by atoms with E-state index in [0.717, 1.165) is 13.1 Å². The second-order valence-corrected chi connectivity index (χ2v) is 6.74. The second kappa shape index (κ2) is 4.85. The minimum Gasteiger partial charge on any atom is -0.348 e. The van der Waals surface area contributed by atoms with Gasteiger partial charge in [0.2, 0.25) is 0 Å². The number of rotatable bonds is 2. The van der Waals surface area contributed by atoms with Crippen molar-refractivity contribution in [3.8, 4) is 0 Å². The summed E-state index contributed by atoms with van der Waals surface area (Å²) in [6, 6.07) is 3.27. The molecular weight excluding hydrogens is 396 g/mol. The number of hydrogen-bond acceptors (Lipinski definition) is 2. The number of aromatic nitrogens is 1. The molecule has 0 radical (unpaired) electrons. The van der Waals surface area contributed by atoms with E-state index < -0.39 is 5.82 Å². The zero-order valence-corrected chi connectivity index (χ0v) is 13.5. The molecule has 20 heavy (non-hydrogen) atoms. The second-order valence-electron chi connectivity index (χ2n) is 5.25. The summed E-state index contributed by atoms with van der Waals surface area (Å²) < 4.78 is 14.4. The van der Waals surface area contributed by atoms with Crippen LogP contribution in [0.5, 0.6) is 0 Å². The topological polar surface area (TPSA) is 56.9 Å². The van der Waals surface area contributed by atoms with E-state index in [-0.39, 0.29) is 11.4 Å². The summed E-state index contributed by atoms with van der Waals surface area (Å²) in [6.45, 7) is 3.43. The predicted octanol–water partition coefficient (Wildman–Crippen LogP) is 2.66. The number of fused-ring (bicyclic) bond motifs is 1. The standard InChI is InChI=1S/C13H12ClFIN3O/c1-13(4-17-5-13)19-12(20)8-3-6-2-7(14)10(16)9(15)11(6)18-8/h2-3,17-18H,4-5H2,1H3,(H,19,20). The molecule has 0 saturated carbocycles. The van der Waals surface area contributed by atoms with Gasteiger partial charge in [-0.05, 0) is 41.6 Å². The van der Waals surface area contributed by atoms with Crippen molar-refractivity contribution >= 4 is 51.0 Å². The van der Waals surface area contributed by atoms with Crippen LogP contribution in [-0.4, -0.2) is 29.5 Å². The highest BCUT2D eigenvalue weighted by atomic mass is 127. The number of H-pyrrole nitrogens is 1. The fourth-order valence-electron chi connectivity index (χ4n) is 2.23. The first-order valence-electron chi connectivity index (χ1n) is 6.09. The van der Waals surface area contributed by atoms with Gasteiger partial charge in [0.05, 0.1) is 19.6 Å². The Bertz CT molecular complexity index is 711. The van der Waals surface area contributed by atoms with E-state index in [1.807, 2.05) is 29.5 Å². The Morgan fingerprint density at radius 2 is 2.20 bits per heavy atom. The molecule has 2 heterocycles. The summed E-state index contributed by atoms with van der Waals surface area (Å²) in [6.07, 6.45) is 0. The zero-order valence-electron chi connectivity index (χ0n) is 10.6. The average Bonchev–Trinajstić information content (AvgIpc) is 2.78. The van der Waals surface area contributed by atoms with Crippen LogP contribution < -0.4 is 10.6 Å². The van der Waals surface area contributed by atoms with Gasteiger partial charge >= 0.3 is 0 Å². The molecule has 1 aromatic heterocycles. The number of aromatic amines is 1. The monoisotopic (exact) mass is 407 g/mol. The van der Waals surface area contributed by atoms with Gasteiger partial charge in [-0.2, -0.15) is 0 Å². The molecule has 1 aliphatic rings. The predicted molar refractivity (Wildman–Crippen MR) is 84.7 cm³/mol. The first kappa shape index (κ1) is 14.1. The molecule has 1 fully saturated rings. The Hall–Kier alpha value is -0.860. The fourth-order valence-corrected chi connectivity index (χ4v) is 2.86. The molecule has 1 aliphatic heterocycles. The largest absolute Gasteiger partial charge is 0.348 e. The van der Waals surface area contributed by atoms with E-state index in [0.29, 0.717) is 25.2 Å². The molecule has 0 aliphatic carbocycles. The van der Waals surface area contributed by atoms with Crippen LogP contribution in [0.3, 0.4) is 0 Å². The zero-order chi connectivity index (χ0) is 14.5. The Morgan fingerprint density at radius 3 is 2.80 bits per heavy atom. The lowest BCUT2D eigenvalue weighted by Crippen LogP contribution is -2.67. The lowest BCUT2D eigenvalue weighted by atomic mass is 9.95. The highest BCUT2D eigenvalue weighted by Crippen LogP contribution is 2.29. The fraction of sp³-hybridized carbons (Fsp3) is 0.308. The number of amides is 1. The average molecular weight is 408 g/mol. The van der Waals surface area contributed by atoms with Crippen molar-refractivity contribution < 1.29 is 9.18 Å². The van der Waals surface area contributed by atoms with Crippen LogP contribution in [0.1, 0.15) is 17.4 Å². The molecule has 1 aromatic carbocycles. The summed E-state index contributed by atoms with van der Waals surface area (Å²) in [5.41, 5.74) is 0.407. The van der Waals surface area contributed by atoms with Crippen LogP contribution in [-0.2, 0) is 0 Å². The molecule has 7 heteroatoms. The third-order valence-corrected chi connectivity index (χ3v) is 5.11. The van der Waals surface area contributed by atoms with E-state index in [4.69, 9.17) is 11.6 Å². The van der Waals surface area contributed by atoms with Gasteiger partial charge in [0.1, 0.15) is 5.69 Å². The molecule has 0 atom stereocenters. The van der Waals surface area contributed by atoms with Gasteiger partial charge in [-0.25, -0.2) is 4.39 Å². The van der Waals surface area contributed by atoms with Crippen molar-refractivity contribution in [1.29, 1.82) is 0 Å². The van der Waals surface area contributed by atoms with Gasteiger partial charge in [-0.15, -0.1) is 0 Å². The van der Waals surface area contributed by atoms with Gasteiger partial charge in [0.15, 0.2) is 5.82 Å². The molecule has 0 bridgehead atoms. The van der Waals surface area contributed by atoms with Crippen LogP contribution in [0.2, 0.25) is 5.02 Å². The Labute approximate surface area is 133 Å². The van der Waals surface area contributed by atoms with Crippen molar-refractivity contribution in [2.45, 2.75) is 12.5 Å². The first-order valence-corrected chi connectivity index (χ1v) is 7.55. The Kier molecular flexibility index (Phi) is 3.42. The van der Waals surface area contributed by atoms with Gasteiger partial charge in [-0.3, -0.25) is 4.79 Å². The molecule has 106 valence electrons. The minimum absolute atomic E-state index is 0.237. The van der Waals surface area contributed by atoms with Crippen LogP contribution in [0.4, 0.5) is 4.39 Å². The van der Waals surface area contributed by atoms with Crippen LogP contribution in [0, 0.1) is 9.39 Å². The maximum absolute atomic E-state index is 14.1. The summed E-state index contributed by atoms with van der Waals surface area (Å²) >= 11 is 7.79. The molecule has 3 N–H and O–H groups in total. The molecular formula is C13H12ClFIN3O. The molecule has 1 saturated heterocycles. The SMILES string of the molecule is CC1(NC(=O)c2cc3cc(Cl)c(I)c(F)c3[nH]2)CNC1. The van der Waals surface area contributed by atoms with Crippen molar-refractivity contribution in [2.24, 2.45) is 0 Å². The van der Waals surface area contributed by atoms with E-state index in [9.17, 15) is 9.18 Å². The van der Waals surface area contributed by atoms with Gasteiger partial charge < -0.3 is 15.6 Å². The number of carbonyl (C=O) groups excluding carboxylic acids is 1. The summed E-state index contributed by atoms with van der Waals surface area (Å²) in [4.78, 5) is 15.0. The van der Waals surface area contributed by atoms with Crippen molar-refractivity contribution in [2.75, 3.05) is 13.1 Å². The molecule has 4 nitrogen and oxygen atoms in total. The Balaban J connectivity index is 1.96. The number of benzene rings is 1. The minimum atomic E-state index is -0.427. The first-order chi connectivity index (χ1) is 9.39. The van der Waals surface area contributed by atoms with Crippen LogP contribution in [0.25, 0.3) is 10.9 Å². The van der Waals surface area contributed by atoms with Crippen molar-refractivity contribution in [3.63, 3.8) is 0 Å². The maximum Gasteiger partial charge on any atom is 0.268 e. The summed E-state index contributed by atoms with van der Waals surface area (Å²) in [5, 5.41) is 6.97. The molecule has 0 spiro atoms. The number of carbonyl (C=O) groups is 1. The van der Waals surface area contributed by atoms with E-state index in [1.54, 1.807) is 12.1 Å². The molecule has 2 aromatic rings. The highest BCUT2D eigenvalue weighted by molar-refractivity contribution is 14.1. The molecule has 1 amide bonds. The lowest BCUT2D eigenvalue weighted by Gasteiger charge is -2.39. The van der Waals surface area contributed by atoms with Gasteiger partial charge in [0, 0.05) is 18.5 Å². The third-order valence-electron chi connectivity index (χ3n) is 3.44. The van der Waals surface area contributed by atoms with E-state index >= 15 is 0 Å². The number of hydrogen-bond donors (Lipinski definition) is 3. The normalized spacial score (nSPS) is 17.0. The number of halogens is 3. The quantitative estimate of drug-likeness (QED) is 0.530. The summed E-state index contributed by atoms with van der Waals surface area (Å²) in [5.74, 6) is -0.667. The van der Waals surface area contributed by atoms with Crippen LogP contribution in [0.15, 0.2) is 12.1 Å².